The van der Waals surface area contributed by atoms with Crippen molar-refractivity contribution >= 4 is 21.8 Å². The molecule has 0 bridgehead atoms. The molecule has 0 radical (unpaired) electrons. The van der Waals surface area contributed by atoms with Gasteiger partial charge in [-0.2, -0.15) is 0 Å². The Balaban J connectivity index is 2.14. The lowest BCUT2D eigenvalue weighted by molar-refractivity contribution is -0.135. The van der Waals surface area contributed by atoms with Gasteiger partial charge in [-0.25, -0.2) is 13.1 Å². The second kappa shape index (κ2) is 10.8. The van der Waals surface area contributed by atoms with Crippen LogP contribution in [0.1, 0.15) is 44.0 Å². The number of carbonyl (C=O) groups excluding carboxylic acids is 2. The molecular weight excluding hydrogens is 422 g/mol. The van der Waals surface area contributed by atoms with E-state index >= 15 is 0 Å². The van der Waals surface area contributed by atoms with Crippen LogP contribution in [-0.4, -0.2) is 70.3 Å². The number of hydrogen-bond donors (Lipinski definition) is 2. The van der Waals surface area contributed by atoms with Crippen LogP contribution in [0, 0.1) is 5.92 Å². The Bertz CT molecular complexity index is 865. The molecule has 10 heteroatoms. The summed E-state index contributed by atoms with van der Waals surface area (Å²) in [6, 6.07) is 3.75. The Hall–Kier alpha value is -2.33. The zero-order chi connectivity index (χ0) is 23.2. The number of ether oxygens (including phenoxy) is 2. The summed E-state index contributed by atoms with van der Waals surface area (Å²) in [4.78, 5) is 27.7. The first-order valence-electron chi connectivity index (χ1n) is 10.4. The third-order valence-corrected chi connectivity index (χ3v) is 6.74. The fourth-order valence-electron chi connectivity index (χ4n) is 3.48. The highest BCUT2D eigenvalue weighted by Crippen LogP contribution is 2.23. The van der Waals surface area contributed by atoms with E-state index in [1.54, 1.807) is 30.0 Å². The predicted molar refractivity (Wildman–Crippen MR) is 118 cm³/mol. The molecule has 1 aliphatic heterocycles. The lowest BCUT2D eigenvalue weighted by Gasteiger charge is -2.36. The highest BCUT2D eigenvalue weighted by atomic mass is 32.2. The van der Waals surface area contributed by atoms with Gasteiger partial charge in [0.25, 0.3) is 5.91 Å². The molecule has 0 spiro atoms. The fraction of sp³-hybridized carbons (Fsp3) is 0.619. The molecule has 0 saturated carbocycles. The van der Waals surface area contributed by atoms with Gasteiger partial charge in [0.2, 0.25) is 15.9 Å². The average molecular weight is 456 g/mol. The van der Waals surface area contributed by atoms with Gasteiger partial charge >= 0.3 is 0 Å². The number of likely N-dealkylation sites (tertiary alicyclic amines) is 1. The standard InChI is InChI=1S/C21H33N3O6S/c1-6-31(27,28)23-16-8-7-9-24(13-16)21(26)19(14(2)3)22-20(25)15-10-17(29-4)12-18(11-15)30-5/h10-12,14,16,19,23H,6-9,13H2,1-5H3,(H,22,25)/t16-,19-/m0/s1. The molecule has 1 heterocycles. The maximum absolute atomic E-state index is 13.2. The Morgan fingerprint density at radius 2 is 1.77 bits per heavy atom. The van der Waals surface area contributed by atoms with E-state index in [0.717, 1.165) is 0 Å². The average Bonchev–Trinajstić information content (AvgIpc) is 2.76. The Morgan fingerprint density at radius 1 is 1.16 bits per heavy atom. The summed E-state index contributed by atoms with van der Waals surface area (Å²) in [6.45, 7) is 6.10. The van der Waals surface area contributed by atoms with Crippen molar-refractivity contribution in [1.29, 1.82) is 0 Å². The quantitative estimate of drug-likeness (QED) is 0.582. The molecule has 1 saturated heterocycles. The van der Waals surface area contributed by atoms with E-state index in [-0.39, 0.29) is 30.2 Å². The van der Waals surface area contributed by atoms with E-state index in [4.69, 9.17) is 9.47 Å². The summed E-state index contributed by atoms with van der Waals surface area (Å²) in [5.41, 5.74) is 0.321. The van der Waals surface area contributed by atoms with Gasteiger partial charge < -0.3 is 19.7 Å². The first-order chi connectivity index (χ1) is 14.6. The molecule has 1 fully saturated rings. The van der Waals surface area contributed by atoms with E-state index in [2.05, 4.69) is 10.0 Å². The minimum Gasteiger partial charge on any atom is -0.497 e. The lowest BCUT2D eigenvalue weighted by Crippen LogP contribution is -2.56. The maximum Gasteiger partial charge on any atom is 0.252 e. The molecule has 2 N–H and O–H groups in total. The van der Waals surface area contributed by atoms with Gasteiger partial charge in [0.05, 0.1) is 20.0 Å². The van der Waals surface area contributed by atoms with E-state index in [9.17, 15) is 18.0 Å². The minimum absolute atomic E-state index is 0.00781. The molecular formula is C21H33N3O6S. The first-order valence-corrected chi connectivity index (χ1v) is 12.1. The zero-order valence-corrected chi connectivity index (χ0v) is 19.6. The normalized spacial score (nSPS) is 17.9. The van der Waals surface area contributed by atoms with Gasteiger partial charge in [-0.1, -0.05) is 13.8 Å². The van der Waals surface area contributed by atoms with E-state index in [1.165, 1.54) is 14.2 Å². The number of sulfonamides is 1. The molecule has 174 valence electrons. The number of nitrogens with one attached hydrogen (secondary N) is 2. The summed E-state index contributed by atoms with van der Waals surface area (Å²) in [5.74, 6) is 0.143. The number of methoxy groups -OCH3 is 2. The Kier molecular flexibility index (Phi) is 8.69. The van der Waals surface area contributed by atoms with Crippen molar-refractivity contribution in [3.8, 4) is 11.5 Å². The number of nitrogens with zero attached hydrogens (tertiary/aromatic N) is 1. The summed E-state index contributed by atoms with van der Waals surface area (Å²) < 4.78 is 36.9. The maximum atomic E-state index is 13.2. The van der Waals surface area contributed by atoms with E-state index in [1.807, 2.05) is 13.8 Å². The topological polar surface area (TPSA) is 114 Å². The molecule has 1 aromatic rings. The second-order valence-corrected chi connectivity index (χ2v) is 9.98. The number of hydrogen-bond acceptors (Lipinski definition) is 6. The molecule has 0 unspecified atom stereocenters. The molecule has 2 amide bonds. The molecule has 2 rings (SSSR count). The number of carbonyl (C=O) groups is 2. The van der Waals surface area contributed by atoms with Gasteiger partial charge in [0, 0.05) is 30.8 Å². The van der Waals surface area contributed by atoms with Crippen LogP contribution in [0.15, 0.2) is 18.2 Å². The number of benzene rings is 1. The fourth-order valence-corrected chi connectivity index (χ4v) is 4.35. The van der Waals surface area contributed by atoms with Gasteiger partial charge in [-0.15, -0.1) is 0 Å². The van der Waals surface area contributed by atoms with Crippen LogP contribution in [0.25, 0.3) is 0 Å². The largest absolute Gasteiger partial charge is 0.497 e. The number of amides is 2. The van der Waals surface area contributed by atoms with Crippen LogP contribution in [0.5, 0.6) is 11.5 Å². The van der Waals surface area contributed by atoms with Gasteiger partial charge in [0.1, 0.15) is 17.5 Å². The van der Waals surface area contributed by atoms with Crippen molar-refractivity contribution in [2.75, 3.05) is 33.1 Å². The van der Waals surface area contributed by atoms with Crippen LogP contribution in [0.3, 0.4) is 0 Å². The van der Waals surface area contributed by atoms with Gasteiger partial charge in [-0.3, -0.25) is 9.59 Å². The van der Waals surface area contributed by atoms with Crippen LogP contribution in [0.4, 0.5) is 0 Å². The molecule has 1 aliphatic rings. The summed E-state index contributed by atoms with van der Waals surface area (Å²) in [6.07, 6.45) is 1.36. The molecule has 9 nitrogen and oxygen atoms in total. The third kappa shape index (κ3) is 6.83. The van der Waals surface area contributed by atoms with Crippen LogP contribution < -0.4 is 19.5 Å². The van der Waals surface area contributed by atoms with Gasteiger partial charge in [-0.05, 0) is 37.8 Å². The van der Waals surface area contributed by atoms with Crippen molar-refractivity contribution in [3.63, 3.8) is 0 Å². The lowest BCUT2D eigenvalue weighted by atomic mass is 9.99. The van der Waals surface area contributed by atoms with Crippen LogP contribution in [-0.2, 0) is 14.8 Å². The predicted octanol–water partition coefficient (Wildman–Crippen LogP) is 1.39. The zero-order valence-electron chi connectivity index (χ0n) is 18.8. The van der Waals surface area contributed by atoms with Crippen molar-refractivity contribution in [2.24, 2.45) is 5.92 Å². The first kappa shape index (κ1) is 24.9. The highest BCUT2D eigenvalue weighted by Gasteiger charge is 2.33. The van der Waals surface area contributed by atoms with Crippen molar-refractivity contribution in [3.05, 3.63) is 23.8 Å². The number of rotatable bonds is 9. The van der Waals surface area contributed by atoms with Crippen LogP contribution in [0.2, 0.25) is 0 Å². The minimum atomic E-state index is -3.35. The SMILES string of the molecule is CCS(=O)(=O)N[C@H]1CCCN(C(=O)[C@@H](NC(=O)c2cc(OC)cc(OC)c2)C(C)C)C1. The Labute approximate surface area is 184 Å². The summed E-state index contributed by atoms with van der Waals surface area (Å²) in [5, 5.41) is 2.83. The Morgan fingerprint density at radius 3 is 2.29 bits per heavy atom. The van der Waals surface area contributed by atoms with Gasteiger partial charge in [0.15, 0.2) is 0 Å². The van der Waals surface area contributed by atoms with Crippen LogP contribution >= 0.6 is 0 Å². The highest BCUT2D eigenvalue weighted by molar-refractivity contribution is 7.89. The number of piperidine rings is 1. The molecule has 0 aliphatic carbocycles. The molecule has 1 aromatic carbocycles. The third-order valence-electron chi connectivity index (χ3n) is 5.29. The van der Waals surface area contributed by atoms with Crippen molar-refractivity contribution in [1.82, 2.24) is 14.9 Å². The smallest absolute Gasteiger partial charge is 0.252 e. The monoisotopic (exact) mass is 455 g/mol. The van der Waals surface area contributed by atoms with Crippen molar-refractivity contribution < 1.29 is 27.5 Å². The molecule has 0 aromatic heterocycles. The molecule has 2 atom stereocenters. The van der Waals surface area contributed by atoms with Crippen molar-refractivity contribution in [2.45, 2.75) is 45.7 Å². The second-order valence-electron chi connectivity index (χ2n) is 7.94. The molecule has 31 heavy (non-hydrogen) atoms. The summed E-state index contributed by atoms with van der Waals surface area (Å²) in [7, 11) is -0.362. The van der Waals surface area contributed by atoms with E-state index < -0.39 is 22.0 Å². The van der Waals surface area contributed by atoms with E-state index in [0.29, 0.717) is 36.4 Å². The summed E-state index contributed by atoms with van der Waals surface area (Å²) >= 11 is 0.